The number of hydrogen-bond donors (Lipinski definition) is 1. The lowest BCUT2D eigenvalue weighted by Crippen LogP contribution is -2.45. The molecule has 1 aliphatic rings. The van der Waals surface area contributed by atoms with Crippen LogP contribution in [0.4, 0.5) is 5.82 Å². The van der Waals surface area contributed by atoms with Crippen LogP contribution < -0.4 is 4.90 Å². The molecule has 0 saturated carbocycles. The summed E-state index contributed by atoms with van der Waals surface area (Å²) in [6.45, 7) is 3.66. The Labute approximate surface area is 125 Å². The number of hydrogen-bond acceptors (Lipinski definition) is 4. The second-order valence-corrected chi connectivity index (χ2v) is 5.82. The van der Waals surface area contributed by atoms with Crippen molar-refractivity contribution in [1.29, 1.82) is 0 Å². The Bertz CT molecular complexity index is 588. The fourth-order valence-electron chi connectivity index (χ4n) is 3.02. The summed E-state index contributed by atoms with van der Waals surface area (Å²) in [7, 11) is 0. The van der Waals surface area contributed by atoms with Gasteiger partial charge in [0.2, 0.25) is 0 Å². The molecule has 2 atom stereocenters. The molecule has 21 heavy (non-hydrogen) atoms. The van der Waals surface area contributed by atoms with E-state index in [2.05, 4.69) is 46.1 Å². The minimum absolute atomic E-state index is 0.318. The molecular weight excluding hydrogens is 262 g/mol. The highest BCUT2D eigenvalue weighted by atomic mass is 16.3. The third-order valence-electron chi connectivity index (χ3n) is 4.18. The van der Waals surface area contributed by atoms with Crippen molar-refractivity contribution < 1.29 is 5.11 Å². The first-order valence-corrected chi connectivity index (χ1v) is 7.47. The van der Waals surface area contributed by atoms with Gasteiger partial charge in [-0.1, -0.05) is 29.8 Å². The molecule has 4 heteroatoms. The summed E-state index contributed by atoms with van der Waals surface area (Å²) in [5, 5.41) is 10.4. The summed E-state index contributed by atoms with van der Waals surface area (Å²) in [4.78, 5) is 10.5. The summed E-state index contributed by atoms with van der Waals surface area (Å²) >= 11 is 0. The maximum absolute atomic E-state index is 10.4. The third kappa shape index (κ3) is 3.39. The van der Waals surface area contributed by atoms with Crippen LogP contribution in [0.1, 0.15) is 17.5 Å². The second-order valence-electron chi connectivity index (χ2n) is 5.82. The molecular formula is C17H21N3O. The van der Waals surface area contributed by atoms with E-state index >= 15 is 0 Å². The summed E-state index contributed by atoms with van der Waals surface area (Å²) in [5.41, 5.74) is 2.59. The van der Waals surface area contributed by atoms with Gasteiger partial charge < -0.3 is 10.0 Å². The smallest absolute Gasteiger partial charge is 0.147 e. The van der Waals surface area contributed by atoms with Crippen molar-refractivity contribution in [3.8, 4) is 0 Å². The number of aliphatic hydroxyl groups excluding tert-OH is 1. The monoisotopic (exact) mass is 283 g/mol. The molecule has 3 rings (SSSR count). The van der Waals surface area contributed by atoms with Crippen LogP contribution in [0, 0.1) is 12.8 Å². The highest BCUT2D eigenvalue weighted by Crippen LogP contribution is 2.25. The van der Waals surface area contributed by atoms with E-state index in [1.165, 1.54) is 11.1 Å². The van der Waals surface area contributed by atoms with Crippen molar-refractivity contribution in [3.05, 3.63) is 54.0 Å². The summed E-state index contributed by atoms with van der Waals surface area (Å²) in [6, 6.07) is 8.55. The minimum atomic E-state index is -0.318. The first-order chi connectivity index (χ1) is 10.2. The zero-order valence-corrected chi connectivity index (χ0v) is 12.3. The standard InChI is InChI=1S/C17H21N3O/c1-13-3-2-4-14(9-13)10-15-5-8-20(12-16(15)21)17-11-18-6-7-19-17/h2-4,6-7,9,11,15-16,21H,5,8,10,12H2,1H3/t15-,16-/m1/s1. The van der Waals surface area contributed by atoms with Crippen molar-refractivity contribution in [2.24, 2.45) is 5.92 Å². The van der Waals surface area contributed by atoms with E-state index in [1.54, 1.807) is 18.6 Å². The molecule has 1 N–H and O–H groups in total. The third-order valence-corrected chi connectivity index (χ3v) is 4.18. The molecule has 0 bridgehead atoms. The Morgan fingerprint density at radius 1 is 1.33 bits per heavy atom. The predicted molar refractivity (Wildman–Crippen MR) is 83.2 cm³/mol. The first kappa shape index (κ1) is 14.0. The van der Waals surface area contributed by atoms with Gasteiger partial charge in [0.05, 0.1) is 12.3 Å². The molecule has 1 aromatic heterocycles. The highest BCUT2D eigenvalue weighted by molar-refractivity contribution is 5.36. The lowest BCUT2D eigenvalue weighted by Gasteiger charge is -2.36. The van der Waals surface area contributed by atoms with Gasteiger partial charge in [0.1, 0.15) is 5.82 Å². The zero-order chi connectivity index (χ0) is 14.7. The number of anilines is 1. The molecule has 110 valence electrons. The van der Waals surface area contributed by atoms with Crippen molar-refractivity contribution in [3.63, 3.8) is 0 Å². The lowest BCUT2D eigenvalue weighted by atomic mass is 9.87. The van der Waals surface area contributed by atoms with Crippen LogP contribution in [-0.4, -0.2) is 34.3 Å². The van der Waals surface area contributed by atoms with Crippen LogP contribution >= 0.6 is 0 Å². The minimum Gasteiger partial charge on any atom is -0.391 e. The number of benzene rings is 1. The number of piperidine rings is 1. The number of β-amino-alcohol motifs (C(OH)–C–C–N with tert-alkyl or cyclic N) is 1. The molecule has 2 heterocycles. The van der Waals surface area contributed by atoms with Crippen LogP contribution in [0.2, 0.25) is 0 Å². The fraction of sp³-hybridized carbons (Fsp3) is 0.412. The van der Waals surface area contributed by atoms with Gasteiger partial charge in [-0.25, -0.2) is 4.98 Å². The SMILES string of the molecule is Cc1cccc(C[C@H]2CCN(c3cnccn3)C[C@H]2O)c1. The van der Waals surface area contributed by atoms with Crippen LogP contribution in [0.3, 0.4) is 0 Å². The molecule has 0 amide bonds. The number of aromatic nitrogens is 2. The van der Waals surface area contributed by atoms with Gasteiger partial charge in [-0.05, 0) is 31.2 Å². The molecule has 1 fully saturated rings. The van der Waals surface area contributed by atoms with Crippen molar-refractivity contribution in [1.82, 2.24) is 9.97 Å². The van der Waals surface area contributed by atoms with E-state index in [1.807, 2.05) is 0 Å². The molecule has 0 unspecified atom stereocenters. The van der Waals surface area contributed by atoms with E-state index in [0.29, 0.717) is 12.5 Å². The second kappa shape index (κ2) is 6.22. The van der Waals surface area contributed by atoms with Crippen LogP contribution in [0.5, 0.6) is 0 Å². The molecule has 4 nitrogen and oxygen atoms in total. The predicted octanol–water partition coefficient (Wildman–Crippen LogP) is 2.21. The Morgan fingerprint density at radius 2 is 2.24 bits per heavy atom. The molecule has 2 aromatic rings. The quantitative estimate of drug-likeness (QED) is 0.938. The van der Waals surface area contributed by atoms with Crippen LogP contribution in [0.15, 0.2) is 42.9 Å². The van der Waals surface area contributed by atoms with Crippen LogP contribution in [0.25, 0.3) is 0 Å². The van der Waals surface area contributed by atoms with Gasteiger partial charge in [-0.3, -0.25) is 4.98 Å². The molecule has 0 radical (unpaired) electrons. The van der Waals surface area contributed by atoms with E-state index in [4.69, 9.17) is 0 Å². The first-order valence-electron chi connectivity index (χ1n) is 7.47. The Kier molecular flexibility index (Phi) is 4.15. The van der Waals surface area contributed by atoms with Gasteiger partial charge in [-0.15, -0.1) is 0 Å². The Morgan fingerprint density at radius 3 is 2.95 bits per heavy atom. The average Bonchev–Trinajstić information content (AvgIpc) is 2.50. The lowest BCUT2D eigenvalue weighted by molar-refractivity contribution is 0.0927. The number of rotatable bonds is 3. The van der Waals surface area contributed by atoms with Crippen molar-refractivity contribution in [2.75, 3.05) is 18.0 Å². The molecule has 1 saturated heterocycles. The van der Waals surface area contributed by atoms with Crippen molar-refractivity contribution in [2.45, 2.75) is 25.9 Å². The zero-order valence-electron chi connectivity index (χ0n) is 12.3. The largest absolute Gasteiger partial charge is 0.391 e. The maximum atomic E-state index is 10.4. The topological polar surface area (TPSA) is 49.2 Å². The van der Waals surface area contributed by atoms with E-state index in [0.717, 1.165) is 25.2 Å². The van der Waals surface area contributed by atoms with Crippen LogP contribution in [-0.2, 0) is 6.42 Å². The number of aliphatic hydroxyl groups is 1. The van der Waals surface area contributed by atoms with Gasteiger partial charge in [-0.2, -0.15) is 0 Å². The molecule has 1 aliphatic heterocycles. The van der Waals surface area contributed by atoms with E-state index in [-0.39, 0.29) is 6.10 Å². The number of nitrogens with zero attached hydrogens (tertiary/aromatic N) is 3. The fourth-order valence-corrected chi connectivity index (χ4v) is 3.02. The highest BCUT2D eigenvalue weighted by Gasteiger charge is 2.28. The summed E-state index contributed by atoms with van der Waals surface area (Å²) in [5.74, 6) is 1.17. The van der Waals surface area contributed by atoms with E-state index < -0.39 is 0 Å². The Hall–Kier alpha value is -1.94. The number of aryl methyl sites for hydroxylation is 1. The van der Waals surface area contributed by atoms with Gasteiger partial charge in [0, 0.05) is 25.5 Å². The Balaban J connectivity index is 1.64. The van der Waals surface area contributed by atoms with Gasteiger partial charge in [0.25, 0.3) is 0 Å². The maximum Gasteiger partial charge on any atom is 0.147 e. The van der Waals surface area contributed by atoms with Crippen molar-refractivity contribution >= 4 is 5.82 Å². The summed E-state index contributed by atoms with van der Waals surface area (Å²) in [6.07, 6.45) is 6.72. The molecule has 0 spiro atoms. The van der Waals surface area contributed by atoms with Gasteiger partial charge >= 0.3 is 0 Å². The average molecular weight is 283 g/mol. The van der Waals surface area contributed by atoms with E-state index in [9.17, 15) is 5.11 Å². The van der Waals surface area contributed by atoms with Gasteiger partial charge in [0.15, 0.2) is 0 Å². The normalized spacial score (nSPS) is 22.3. The molecule has 0 aliphatic carbocycles. The summed E-state index contributed by atoms with van der Waals surface area (Å²) < 4.78 is 0. The molecule has 1 aromatic carbocycles.